The van der Waals surface area contributed by atoms with Gasteiger partial charge in [-0.1, -0.05) is 12.1 Å². The van der Waals surface area contributed by atoms with Crippen LogP contribution in [0.3, 0.4) is 0 Å². The number of hydrogen-bond donors (Lipinski definition) is 0. The maximum absolute atomic E-state index is 4.67. The molecule has 3 heteroatoms. The lowest BCUT2D eigenvalue weighted by molar-refractivity contribution is 0.686. The number of imidazole rings is 1. The van der Waals surface area contributed by atoms with Crippen molar-refractivity contribution in [2.45, 2.75) is 25.7 Å². The first-order chi connectivity index (χ1) is 8.90. The Hall–Kier alpha value is -1.61. The lowest BCUT2D eigenvalue weighted by atomic mass is 9.90. The van der Waals surface area contributed by atoms with Crippen LogP contribution in [-0.2, 0) is 12.8 Å². The summed E-state index contributed by atoms with van der Waals surface area (Å²) < 4.78 is 2.10. The van der Waals surface area contributed by atoms with Gasteiger partial charge in [0.05, 0.1) is 5.69 Å². The molecule has 0 saturated carbocycles. The molecule has 0 radical (unpaired) electrons. The summed E-state index contributed by atoms with van der Waals surface area (Å²) >= 11 is 1.68. The highest BCUT2D eigenvalue weighted by molar-refractivity contribution is 7.15. The van der Waals surface area contributed by atoms with Crippen molar-refractivity contribution in [2.75, 3.05) is 0 Å². The first-order valence-corrected chi connectivity index (χ1v) is 7.32. The highest BCUT2D eigenvalue weighted by Gasteiger charge is 2.11. The molecule has 0 aliphatic heterocycles. The Kier molecular flexibility index (Phi) is 2.27. The van der Waals surface area contributed by atoms with E-state index in [0.717, 1.165) is 10.7 Å². The molecule has 90 valence electrons. The lowest BCUT2D eigenvalue weighted by Gasteiger charge is -2.15. The van der Waals surface area contributed by atoms with Crippen molar-refractivity contribution in [2.24, 2.45) is 0 Å². The summed E-state index contributed by atoms with van der Waals surface area (Å²) in [6, 6.07) is 6.84. The van der Waals surface area contributed by atoms with E-state index in [1.54, 1.807) is 11.3 Å². The summed E-state index contributed by atoms with van der Waals surface area (Å²) in [4.78, 5) is 5.75. The molecule has 1 aromatic carbocycles. The molecule has 2 nitrogen and oxygen atoms in total. The fraction of sp³-hybridized carbons (Fsp3) is 0.267. The van der Waals surface area contributed by atoms with Gasteiger partial charge in [0.15, 0.2) is 4.96 Å². The predicted molar refractivity (Wildman–Crippen MR) is 75.1 cm³/mol. The van der Waals surface area contributed by atoms with Gasteiger partial charge in [0.1, 0.15) is 0 Å². The molecule has 1 aliphatic rings. The van der Waals surface area contributed by atoms with E-state index >= 15 is 0 Å². The summed E-state index contributed by atoms with van der Waals surface area (Å²) in [7, 11) is 0. The van der Waals surface area contributed by atoms with Crippen LogP contribution in [0, 0.1) is 0 Å². The van der Waals surface area contributed by atoms with Crippen molar-refractivity contribution >= 4 is 16.3 Å². The molecule has 18 heavy (non-hydrogen) atoms. The Morgan fingerprint density at radius 2 is 2.00 bits per heavy atom. The average Bonchev–Trinajstić information content (AvgIpc) is 2.99. The van der Waals surface area contributed by atoms with Gasteiger partial charge in [-0.2, -0.15) is 0 Å². The molecule has 0 spiro atoms. The number of aryl methyl sites for hydroxylation is 2. The van der Waals surface area contributed by atoms with Crippen molar-refractivity contribution in [3.05, 3.63) is 47.1 Å². The Bertz CT molecular complexity index is 680. The fourth-order valence-corrected chi connectivity index (χ4v) is 3.46. The number of aromatic nitrogens is 2. The van der Waals surface area contributed by atoms with E-state index in [9.17, 15) is 0 Å². The van der Waals surface area contributed by atoms with Crippen LogP contribution in [0.2, 0.25) is 0 Å². The first kappa shape index (κ1) is 10.3. The van der Waals surface area contributed by atoms with Gasteiger partial charge in [-0.15, -0.1) is 11.3 Å². The van der Waals surface area contributed by atoms with E-state index < -0.39 is 0 Å². The second kappa shape index (κ2) is 3.95. The standard InChI is InChI=1S/C15H14N2S/c1-2-4-12-9-13(6-5-11(12)3-1)14-10-17-7-8-18-15(17)16-14/h5-10H,1-4H2. The van der Waals surface area contributed by atoms with Crippen molar-refractivity contribution < 1.29 is 0 Å². The maximum atomic E-state index is 4.67. The van der Waals surface area contributed by atoms with E-state index in [1.165, 1.54) is 42.4 Å². The van der Waals surface area contributed by atoms with Gasteiger partial charge in [-0.3, -0.25) is 4.40 Å². The zero-order valence-electron chi connectivity index (χ0n) is 10.1. The van der Waals surface area contributed by atoms with Crippen LogP contribution >= 0.6 is 11.3 Å². The quantitative estimate of drug-likeness (QED) is 0.643. The van der Waals surface area contributed by atoms with Crippen LogP contribution in [0.4, 0.5) is 0 Å². The van der Waals surface area contributed by atoms with E-state index in [1.807, 2.05) is 0 Å². The minimum absolute atomic E-state index is 1.07. The molecule has 0 unspecified atom stereocenters. The molecule has 0 fully saturated rings. The summed E-state index contributed by atoms with van der Waals surface area (Å²) in [5.74, 6) is 0. The van der Waals surface area contributed by atoms with Crippen molar-refractivity contribution in [3.8, 4) is 11.3 Å². The minimum Gasteiger partial charge on any atom is -0.297 e. The molecule has 4 rings (SSSR count). The van der Waals surface area contributed by atoms with Gasteiger partial charge in [0, 0.05) is 23.3 Å². The number of rotatable bonds is 1. The molecule has 0 amide bonds. The normalized spacial score (nSPS) is 14.9. The number of hydrogen-bond acceptors (Lipinski definition) is 2. The van der Waals surface area contributed by atoms with Crippen molar-refractivity contribution in [1.29, 1.82) is 0 Å². The highest BCUT2D eigenvalue weighted by atomic mass is 32.1. The van der Waals surface area contributed by atoms with E-state index in [2.05, 4.69) is 45.4 Å². The molecule has 2 aromatic heterocycles. The van der Waals surface area contributed by atoms with E-state index in [0.29, 0.717) is 0 Å². The topological polar surface area (TPSA) is 17.3 Å². The van der Waals surface area contributed by atoms with Crippen LogP contribution in [0.25, 0.3) is 16.2 Å². The number of thiazole rings is 1. The largest absolute Gasteiger partial charge is 0.297 e. The average molecular weight is 254 g/mol. The Morgan fingerprint density at radius 3 is 2.89 bits per heavy atom. The Morgan fingerprint density at radius 1 is 1.11 bits per heavy atom. The molecule has 0 bridgehead atoms. The van der Waals surface area contributed by atoms with Gasteiger partial charge < -0.3 is 0 Å². The van der Waals surface area contributed by atoms with Gasteiger partial charge in [0.2, 0.25) is 0 Å². The number of fused-ring (bicyclic) bond motifs is 2. The van der Waals surface area contributed by atoms with Gasteiger partial charge >= 0.3 is 0 Å². The van der Waals surface area contributed by atoms with Crippen LogP contribution in [0.15, 0.2) is 36.0 Å². The Balaban J connectivity index is 1.82. The maximum Gasteiger partial charge on any atom is 0.194 e. The van der Waals surface area contributed by atoms with Gasteiger partial charge in [0.25, 0.3) is 0 Å². The molecule has 1 aliphatic carbocycles. The van der Waals surface area contributed by atoms with Crippen LogP contribution in [0.5, 0.6) is 0 Å². The van der Waals surface area contributed by atoms with Crippen LogP contribution in [-0.4, -0.2) is 9.38 Å². The smallest absolute Gasteiger partial charge is 0.194 e. The molecule has 3 aromatic rings. The molecular formula is C15H14N2S. The van der Waals surface area contributed by atoms with E-state index in [4.69, 9.17) is 0 Å². The Labute approximate surface area is 110 Å². The molecule has 0 atom stereocenters. The summed E-state index contributed by atoms with van der Waals surface area (Å²) in [5.41, 5.74) is 5.41. The summed E-state index contributed by atoms with van der Waals surface area (Å²) in [6.45, 7) is 0. The van der Waals surface area contributed by atoms with Crippen molar-refractivity contribution in [1.82, 2.24) is 9.38 Å². The zero-order valence-corrected chi connectivity index (χ0v) is 10.9. The SMILES string of the molecule is c1cn2cc(-c3ccc4c(c3)CCCC4)nc2s1. The molecule has 0 N–H and O–H groups in total. The van der Waals surface area contributed by atoms with Crippen LogP contribution in [0.1, 0.15) is 24.0 Å². The monoisotopic (exact) mass is 254 g/mol. The highest BCUT2D eigenvalue weighted by Crippen LogP contribution is 2.27. The third kappa shape index (κ3) is 1.58. The molecule has 0 saturated heterocycles. The fourth-order valence-electron chi connectivity index (χ4n) is 2.76. The first-order valence-electron chi connectivity index (χ1n) is 6.44. The van der Waals surface area contributed by atoms with Crippen LogP contribution < -0.4 is 0 Å². The summed E-state index contributed by atoms with van der Waals surface area (Å²) in [6.07, 6.45) is 9.33. The minimum atomic E-state index is 1.07. The zero-order chi connectivity index (χ0) is 11.9. The summed E-state index contributed by atoms with van der Waals surface area (Å²) in [5, 5.41) is 2.07. The second-order valence-corrected chi connectivity index (χ2v) is 5.78. The second-order valence-electron chi connectivity index (χ2n) is 4.91. The van der Waals surface area contributed by atoms with Crippen molar-refractivity contribution in [3.63, 3.8) is 0 Å². The van der Waals surface area contributed by atoms with Gasteiger partial charge in [-0.25, -0.2) is 4.98 Å². The molecular weight excluding hydrogens is 240 g/mol. The number of nitrogens with zero attached hydrogens (tertiary/aromatic N) is 2. The number of benzene rings is 1. The van der Waals surface area contributed by atoms with E-state index in [-0.39, 0.29) is 0 Å². The third-order valence-corrected chi connectivity index (χ3v) is 4.51. The van der Waals surface area contributed by atoms with Gasteiger partial charge in [-0.05, 0) is 42.9 Å². The molecule has 2 heterocycles. The predicted octanol–water partition coefficient (Wildman–Crippen LogP) is 3.94. The lowest BCUT2D eigenvalue weighted by Crippen LogP contribution is -2.02. The third-order valence-electron chi connectivity index (χ3n) is 3.74.